The van der Waals surface area contributed by atoms with Gasteiger partial charge in [0.25, 0.3) is 0 Å². The van der Waals surface area contributed by atoms with Crippen molar-refractivity contribution in [3.05, 3.63) is 40.5 Å². The molecular weight excluding hydrogens is 316 g/mol. The summed E-state index contributed by atoms with van der Waals surface area (Å²) in [7, 11) is 3.75. The fourth-order valence-electron chi connectivity index (χ4n) is 2.83. The van der Waals surface area contributed by atoms with Crippen molar-refractivity contribution >= 4 is 11.6 Å². The van der Waals surface area contributed by atoms with Crippen molar-refractivity contribution < 1.29 is 9.26 Å². The van der Waals surface area contributed by atoms with Crippen molar-refractivity contribution in [3.63, 3.8) is 0 Å². The molecule has 1 fully saturated rings. The first kappa shape index (κ1) is 16.2. The summed E-state index contributed by atoms with van der Waals surface area (Å²) in [6.45, 7) is 5.34. The van der Waals surface area contributed by atoms with Gasteiger partial charge in [-0.25, -0.2) is 0 Å². The van der Waals surface area contributed by atoms with Crippen LogP contribution in [0.3, 0.4) is 0 Å². The molecule has 23 heavy (non-hydrogen) atoms. The van der Waals surface area contributed by atoms with Crippen LogP contribution in [0.15, 0.2) is 22.7 Å². The van der Waals surface area contributed by atoms with Crippen molar-refractivity contribution in [3.8, 4) is 5.75 Å². The Kier molecular flexibility index (Phi) is 4.84. The van der Waals surface area contributed by atoms with Crippen molar-refractivity contribution in [1.82, 2.24) is 19.9 Å². The predicted octanol–water partition coefficient (Wildman–Crippen LogP) is 2.53. The highest BCUT2D eigenvalue weighted by molar-refractivity contribution is 6.31. The third-order valence-electron chi connectivity index (χ3n) is 4.21. The van der Waals surface area contributed by atoms with Gasteiger partial charge in [-0.15, -0.1) is 0 Å². The Bertz CT molecular complexity index is 676. The standard InChI is InChI=1S/C16H21ClN4O2/c1-11-18-16(23-19-11)15-10-21(7-6-20(15)2)9-12-8-13(22-3)4-5-14(12)17/h4-5,8,15H,6-7,9-10H2,1-3H3. The Morgan fingerprint density at radius 2 is 2.22 bits per heavy atom. The van der Waals surface area contributed by atoms with E-state index in [0.29, 0.717) is 11.7 Å². The van der Waals surface area contributed by atoms with Crippen LogP contribution in [0.2, 0.25) is 5.02 Å². The summed E-state index contributed by atoms with van der Waals surface area (Å²) >= 11 is 6.32. The van der Waals surface area contributed by atoms with E-state index in [4.69, 9.17) is 20.9 Å². The average molecular weight is 337 g/mol. The molecule has 6 nitrogen and oxygen atoms in total. The van der Waals surface area contributed by atoms with Crippen LogP contribution in [-0.2, 0) is 6.54 Å². The summed E-state index contributed by atoms with van der Waals surface area (Å²) < 4.78 is 10.6. The van der Waals surface area contributed by atoms with Crippen molar-refractivity contribution in [2.75, 3.05) is 33.8 Å². The number of rotatable bonds is 4. The molecule has 2 heterocycles. The lowest BCUT2D eigenvalue weighted by molar-refractivity contribution is 0.0714. The van der Waals surface area contributed by atoms with Crippen LogP contribution in [0.25, 0.3) is 0 Å². The van der Waals surface area contributed by atoms with E-state index in [-0.39, 0.29) is 6.04 Å². The van der Waals surface area contributed by atoms with Gasteiger partial charge < -0.3 is 9.26 Å². The molecule has 1 aliphatic heterocycles. The number of aromatic nitrogens is 2. The second-order valence-electron chi connectivity index (χ2n) is 5.87. The highest BCUT2D eigenvalue weighted by Crippen LogP contribution is 2.27. The van der Waals surface area contributed by atoms with Crippen LogP contribution in [0.1, 0.15) is 23.3 Å². The Labute approximate surface area is 141 Å². The smallest absolute Gasteiger partial charge is 0.245 e. The zero-order valence-electron chi connectivity index (χ0n) is 13.6. The topological polar surface area (TPSA) is 54.6 Å². The first-order chi connectivity index (χ1) is 11.1. The molecular formula is C16H21ClN4O2. The molecule has 1 saturated heterocycles. The zero-order chi connectivity index (χ0) is 16.4. The lowest BCUT2D eigenvalue weighted by atomic mass is 10.1. The summed E-state index contributed by atoms with van der Waals surface area (Å²) in [5, 5.41) is 4.66. The highest BCUT2D eigenvalue weighted by Gasteiger charge is 2.30. The third kappa shape index (κ3) is 3.65. The molecule has 0 radical (unpaired) electrons. The summed E-state index contributed by atoms with van der Waals surface area (Å²) in [5.41, 5.74) is 1.07. The minimum atomic E-state index is 0.106. The number of piperazine rings is 1. The van der Waals surface area contributed by atoms with Gasteiger partial charge in [-0.1, -0.05) is 16.8 Å². The molecule has 1 aromatic carbocycles. The number of halogens is 1. The average Bonchev–Trinajstić information content (AvgIpc) is 2.97. The molecule has 3 rings (SSSR count). The minimum absolute atomic E-state index is 0.106. The van der Waals surface area contributed by atoms with Crippen molar-refractivity contribution in [1.29, 1.82) is 0 Å². The van der Waals surface area contributed by atoms with E-state index in [1.165, 1.54) is 0 Å². The monoisotopic (exact) mass is 336 g/mol. The van der Waals surface area contributed by atoms with Gasteiger partial charge in [0, 0.05) is 31.2 Å². The van der Waals surface area contributed by atoms with Gasteiger partial charge in [-0.2, -0.15) is 4.98 Å². The molecule has 1 atom stereocenters. The van der Waals surface area contributed by atoms with Crippen LogP contribution in [-0.4, -0.2) is 53.7 Å². The molecule has 0 aliphatic carbocycles. The lowest BCUT2D eigenvalue weighted by Gasteiger charge is -2.37. The van der Waals surface area contributed by atoms with E-state index in [2.05, 4.69) is 27.0 Å². The number of nitrogens with zero attached hydrogens (tertiary/aromatic N) is 4. The molecule has 124 valence electrons. The normalized spacial score (nSPS) is 19.9. The van der Waals surface area contributed by atoms with Crippen molar-refractivity contribution in [2.45, 2.75) is 19.5 Å². The van der Waals surface area contributed by atoms with E-state index < -0.39 is 0 Å². The van der Waals surface area contributed by atoms with Gasteiger partial charge in [0.05, 0.1) is 7.11 Å². The molecule has 0 spiro atoms. The van der Waals surface area contributed by atoms with Gasteiger partial charge in [0.2, 0.25) is 5.89 Å². The van der Waals surface area contributed by atoms with Gasteiger partial charge in [-0.05, 0) is 37.7 Å². The Balaban J connectivity index is 1.74. The predicted molar refractivity (Wildman–Crippen MR) is 87.7 cm³/mol. The maximum Gasteiger partial charge on any atom is 0.245 e. The van der Waals surface area contributed by atoms with Crippen LogP contribution in [0.4, 0.5) is 0 Å². The SMILES string of the molecule is COc1ccc(Cl)c(CN2CCN(C)C(c3nc(C)no3)C2)c1. The van der Waals surface area contributed by atoms with E-state index in [0.717, 1.165) is 42.5 Å². The summed E-state index contributed by atoms with van der Waals surface area (Å²) in [4.78, 5) is 8.98. The molecule has 0 N–H and O–H groups in total. The number of hydrogen-bond donors (Lipinski definition) is 0. The largest absolute Gasteiger partial charge is 0.497 e. The molecule has 0 saturated carbocycles. The number of ether oxygens (including phenoxy) is 1. The molecule has 1 aromatic heterocycles. The molecule has 1 unspecified atom stereocenters. The van der Waals surface area contributed by atoms with Crippen molar-refractivity contribution in [2.24, 2.45) is 0 Å². The number of hydrogen-bond acceptors (Lipinski definition) is 6. The first-order valence-electron chi connectivity index (χ1n) is 7.62. The van der Waals surface area contributed by atoms with Gasteiger partial charge in [0.1, 0.15) is 11.8 Å². The molecule has 7 heteroatoms. The molecule has 1 aliphatic rings. The second kappa shape index (κ2) is 6.86. The fraction of sp³-hybridized carbons (Fsp3) is 0.500. The van der Waals surface area contributed by atoms with E-state index in [1.807, 2.05) is 25.1 Å². The number of likely N-dealkylation sites (N-methyl/N-ethyl adjacent to an activating group) is 1. The maximum absolute atomic E-state index is 6.32. The van der Waals surface area contributed by atoms with Gasteiger partial charge >= 0.3 is 0 Å². The summed E-state index contributed by atoms with van der Waals surface area (Å²) in [6.07, 6.45) is 0. The van der Waals surface area contributed by atoms with E-state index in [9.17, 15) is 0 Å². The first-order valence-corrected chi connectivity index (χ1v) is 8.00. The van der Waals surface area contributed by atoms with Crippen LogP contribution in [0, 0.1) is 6.92 Å². The Morgan fingerprint density at radius 3 is 2.91 bits per heavy atom. The highest BCUT2D eigenvalue weighted by atomic mass is 35.5. The van der Waals surface area contributed by atoms with Gasteiger partial charge in [0.15, 0.2) is 5.82 Å². The zero-order valence-corrected chi connectivity index (χ0v) is 14.4. The molecule has 0 bridgehead atoms. The number of methoxy groups -OCH3 is 1. The second-order valence-corrected chi connectivity index (χ2v) is 6.28. The van der Waals surface area contributed by atoms with Crippen LogP contribution < -0.4 is 4.74 Å². The molecule has 0 amide bonds. The van der Waals surface area contributed by atoms with Gasteiger partial charge in [-0.3, -0.25) is 9.80 Å². The summed E-state index contributed by atoms with van der Waals surface area (Å²) in [6, 6.07) is 5.85. The van der Waals surface area contributed by atoms with Crippen LogP contribution in [0.5, 0.6) is 5.75 Å². The summed E-state index contributed by atoms with van der Waals surface area (Å²) in [5.74, 6) is 2.16. The van der Waals surface area contributed by atoms with E-state index in [1.54, 1.807) is 7.11 Å². The third-order valence-corrected chi connectivity index (χ3v) is 4.58. The number of benzene rings is 1. The van der Waals surface area contributed by atoms with Crippen LogP contribution >= 0.6 is 11.6 Å². The Hall–Kier alpha value is -1.63. The maximum atomic E-state index is 6.32. The Morgan fingerprint density at radius 1 is 1.39 bits per heavy atom. The number of aryl methyl sites for hydroxylation is 1. The van der Waals surface area contributed by atoms with E-state index >= 15 is 0 Å². The molecule has 2 aromatic rings. The quantitative estimate of drug-likeness (QED) is 0.855. The minimum Gasteiger partial charge on any atom is -0.497 e. The fourth-order valence-corrected chi connectivity index (χ4v) is 3.01. The lowest BCUT2D eigenvalue weighted by Crippen LogP contribution is -2.46.